The highest BCUT2D eigenvalue weighted by atomic mass is 19.4. The van der Waals surface area contributed by atoms with E-state index in [1.54, 1.807) is 18.2 Å². The van der Waals surface area contributed by atoms with E-state index in [1.807, 2.05) is 13.8 Å². The van der Waals surface area contributed by atoms with Crippen LogP contribution in [0.15, 0.2) is 42.7 Å². The van der Waals surface area contributed by atoms with Gasteiger partial charge in [0, 0.05) is 5.56 Å². The maximum atomic E-state index is 12.3. The third kappa shape index (κ3) is 4.09. The molecule has 0 aliphatic rings. The number of nitrogens with zero attached hydrogens (tertiary/aromatic N) is 3. The van der Waals surface area contributed by atoms with Crippen molar-refractivity contribution in [1.82, 2.24) is 15.0 Å². The van der Waals surface area contributed by atoms with Crippen molar-refractivity contribution in [3.05, 3.63) is 42.7 Å². The number of hydrogen-bond acceptors (Lipinski definition) is 5. The molecule has 0 aliphatic carbocycles. The number of nitrogen functional groups attached to an aromatic ring is 1. The molecule has 0 saturated carbocycles. The van der Waals surface area contributed by atoms with Gasteiger partial charge < -0.3 is 10.5 Å². The van der Waals surface area contributed by atoms with Crippen molar-refractivity contribution in [1.29, 1.82) is 0 Å². The fraction of sp³-hybridized carbons (Fsp3) is 0.188. The molecule has 0 saturated heterocycles. The fourth-order valence-electron chi connectivity index (χ4n) is 1.97. The topological polar surface area (TPSA) is 73.9 Å². The molecule has 0 unspecified atom stereocenters. The molecule has 126 valence electrons. The zero-order valence-electron chi connectivity index (χ0n) is 13.0. The van der Waals surface area contributed by atoms with Gasteiger partial charge in [0.05, 0.1) is 11.2 Å². The number of aromatic nitrogens is 3. The molecule has 0 bridgehead atoms. The number of anilines is 1. The Morgan fingerprint density at radius 3 is 2.50 bits per heavy atom. The molecule has 0 radical (unpaired) electrons. The second-order valence-electron chi connectivity index (χ2n) is 4.40. The summed E-state index contributed by atoms with van der Waals surface area (Å²) in [5.41, 5.74) is 7.59. The van der Waals surface area contributed by atoms with Crippen molar-refractivity contribution in [2.24, 2.45) is 0 Å². The second-order valence-corrected chi connectivity index (χ2v) is 4.40. The fourth-order valence-corrected chi connectivity index (χ4v) is 1.97. The average molecular weight is 336 g/mol. The van der Waals surface area contributed by atoms with E-state index in [2.05, 4.69) is 19.7 Å². The van der Waals surface area contributed by atoms with Gasteiger partial charge in [-0.2, -0.15) is 0 Å². The minimum absolute atomic E-state index is 0.203. The van der Waals surface area contributed by atoms with Crippen molar-refractivity contribution in [3.8, 4) is 17.0 Å². The summed E-state index contributed by atoms with van der Waals surface area (Å²) in [7, 11) is 0. The summed E-state index contributed by atoms with van der Waals surface area (Å²) in [5, 5.41) is 0. The minimum Gasteiger partial charge on any atom is -0.406 e. The highest BCUT2D eigenvalue weighted by Crippen LogP contribution is 2.28. The largest absolute Gasteiger partial charge is 0.573 e. The molecule has 0 fully saturated rings. The van der Waals surface area contributed by atoms with Gasteiger partial charge in [-0.1, -0.05) is 26.0 Å². The predicted molar refractivity (Wildman–Crippen MR) is 85.2 cm³/mol. The lowest BCUT2D eigenvalue weighted by atomic mass is 10.1. The Labute approximate surface area is 136 Å². The average Bonchev–Trinajstić information content (AvgIpc) is 2.55. The molecular weight excluding hydrogens is 321 g/mol. The Hall–Kier alpha value is -2.90. The summed E-state index contributed by atoms with van der Waals surface area (Å²) in [5.74, 6) is -0.112. The summed E-state index contributed by atoms with van der Waals surface area (Å²) in [6.45, 7) is 4.00. The zero-order chi connectivity index (χ0) is 17.7. The Kier molecular flexibility index (Phi) is 5.18. The molecule has 0 aliphatic heterocycles. The number of ether oxygens (including phenoxy) is 1. The highest BCUT2D eigenvalue weighted by Gasteiger charge is 2.31. The lowest BCUT2D eigenvalue weighted by molar-refractivity contribution is -0.274. The molecule has 3 rings (SSSR count). The van der Waals surface area contributed by atoms with E-state index in [4.69, 9.17) is 5.73 Å². The molecule has 24 heavy (non-hydrogen) atoms. The summed E-state index contributed by atoms with van der Waals surface area (Å²) < 4.78 is 40.7. The number of rotatable bonds is 2. The van der Waals surface area contributed by atoms with Gasteiger partial charge in [-0.05, 0) is 24.3 Å². The predicted octanol–water partition coefficient (Wildman–Crippen LogP) is 4.20. The monoisotopic (exact) mass is 336 g/mol. The van der Waals surface area contributed by atoms with Crippen LogP contribution >= 0.6 is 0 Å². The van der Waals surface area contributed by atoms with E-state index in [0.29, 0.717) is 22.3 Å². The van der Waals surface area contributed by atoms with Crippen LogP contribution in [0.2, 0.25) is 0 Å². The summed E-state index contributed by atoms with van der Waals surface area (Å²) in [6.07, 6.45) is -3.43. The number of hydrogen-bond donors (Lipinski definition) is 1. The van der Waals surface area contributed by atoms with E-state index in [0.717, 1.165) is 0 Å². The van der Waals surface area contributed by atoms with Crippen LogP contribution in [0.3, 0.4) is 0 Å². The van der Waals surface area contributed by atoms with Crippen LogP contribution in [-0.2, 0) is 0 Å². The summed E-state index contributed by atoms with van der Waals surface area (Å²) in [4.78, 5) is 12.2. The first-order chi connectivity index (χ1) is 11.4. The number of pyridine rings is 1. The standard InChI is InChI=1S/C14H9F3N4O.C2H6/c15-14(16,17)22-9-3-1-2-8(6-9)10-4-5-11-12(21-10)13(18)20-7-19-11;1-2/h1-7H,(H2,18,19,20);1-2H3. The van der Waals surface area contributed by atoms with Crippen LogP contribution in [-0.4, -0.2) is 21.3 Å². The lowest BCUT2D eigenvalue weighted by Crippen LogP contribution is -2.17. The Morgan fingerprint density at radius 1 is 1.04 bits per heavy atom. The van der Waals surface area contributed by atoms with Gasteiger partial charge in [0.1, 0.15) is 17.6 Å². The molecule has 2 N–H and O–H groups in total. The van der Waals surface area contributed by atoms with Gasteiger partial charge >= 0.3 is 6.36 Å². The van der Waals surface area contributed by atoms with Gasteiger partial charge in [0.2, 0.25) is 0 Å². The van der Waals surface area contributed by atoms with E-state index >= 15 is 0 Å². The Bertz CT molecular complexity index is 837. The first-order valence-corrected chi connectivity index (χ1v) is 7.16. The molecular formula is C16H15F3N4O. The number of nitrogens with two attached hydrogens (primary N) is 1. The molecule has 0 atom stereocenters. The third-order valence-electron chi connectivity index (χ3n) is 2.87. The molecule has 0 amide bonds. The van der Waals surface area contributed by atoms with Crippen LogP contribution < -0.4 is 10.5 Å². The van der Waals surface area contributed by atoms with Crippen LogP contribution in [0.5, 0.6) is 5.75 Å². The van der Waals surface area contributed by atoms with Gasteiger partial charge in [0.25, 0.3) is 0 Å². The third-order valence-corrected chi connectivity index (χ3v) is 2.87. The molecule has 0 spiro atoms. The van der Waals surface area contributed by atoms with Crippen LogP contribution in [0.25, 0.3) is 22.3 Å². The van der Waals surface area contributed by atoms with E-state index in [1.165, 1.54) is 24.5 Å². The normalized spacial score (nSPS) is 10.9. The molecule has 3 aromatic rings. The zero-order valence-corrected chi connectivity index (χ0v) is 13.0. The molecule has 5 nitrogen and oxygen atoms in total. The molecule has 1 aromatic carbocycles. The molecule has 2 heterocycles. The van der Waals surface area contributed by atoms with Gasteiger partial charge in [-0.25, -0.2) is 15.0 Å². The number of fused-ring (bicyclic) bond motifs is 1. The number of halogens is 3. The maximum Gasteiger partial charge on any atom is 0.573 e. The van der Waals surface area contributed by atoms with Crippen LogP contribution in [0.4, 0.5) is 19.0 Å². The molecule has 2 aromatic heterocycles. The number of benzene rings is 1. The Balaban J connectivity index is 0.00000100. The SMILES string of the molecule is CC.Nc1ncnc2ccc(-c3cccc(OC(F)(F)F)c3)nc12. The van der Waals surface area contributed by atoms with Crippen molar-refractivity contribution in [2.75, 3.05) is 5.73 Å². The molecule has 8 heteroatoms. The quantitative estimate of drug-likeness (QED) is 0.759. The number of alkyl halides is 3. The van der Waals surface area contributed by atoms with Crippen molar-refractivity contribution >= 4 is 16.9 Å². The smallest absolute Gasteiger partial charge is 0.406 e. The van der Waals surface area contributed by atoms with Gasteiger partial charge in [0.15, 0.2) is 5.82 Å². The van der Waals surface area contributed by atoms with Crippen molar-refractivity contribution in [3.63, 3.8) is 0 Å². The highest BCUT2D eigenvalue weighted by molar-refractivity contribution is 5.85. The Morgan fingerprint density at radius 2 is 1.79 bits per heavy atom. The van der Waals surface area contributed by atoms with Crippen molar-refractivity contribution < 1.29 is 17.9 Å². The minimum atomic E-state index is -4.74. The van der Waals surface area contributed by atoms with E-state index < -0.39 is 6.36 Å². The van der Waals surface area contributed by atoms with Crippen LogP contribution in [0.1, 0.15) is 13.8 Å². The first kappa shape index (κ1) is 17.5. The van der Waals surface area contributed by atoms with Crippen LogP contribution in [0, 0.1) is 0 Å². The van der Waals surface area contributed by atoms with E-state index in [9.17, 15) is 13.2 Å². The van der Waals surface area contributed by atoms with E-state index in [-0.39, 0.29) is 11.6 Å². The maximum absolute atomic E-state index is 12.3. The second kappa shape index (κ2) is 7.12. The summed E-state index contributed by atoms with van der Waals surface area (Å²) >= 11 is 0. The van der Waals surface area contributed by atoms with Crippen molar-refractivity contribution in [2.45, 2.75) is 20.2 Å². The van der Waals surface area contributed by atoms with Gasteiger partial charge in [-0.3, -0.25) is 0 Å². The van der Waals surface area contributed by atoms with Gasteiger partial charge in [-0.15, -0.1) is 13.2 Å². The summed E-state index contributed by atoms with van der Waals surface area (Å²) in [6, 6.07) is 8.86. The first-order valence-electron chi connectivity index (χ1n) is 7.16. The lowest BCUT2D eigenvalue weighted by Gasteiger charge is -2.10.